The first-order valence-electron chi connectivity index (χ1n) is 11.3. The smallest absolute Gasteiger partial charge is 0.338 e. The number of carbonyl (C=O) groups is 1. The fraction of sp³-hybridized carbons (Fsp3) is 0.214. The van der Waals surface area contributed by atoms with Crippen LogP contribution in [0, 0.1) is 0 Å². The maximum Gasteiger partial charge on any atom is 0.338 e. The Morgan fingerprint density at radius 2 is 1.71 bits per heavy atom. The zero-order chi connectivity index (χ0) is 25.0. The van der Waals surface area contributed by atoms with Crippen molar-refractivity contribution in [2.24, 2.45) is 10.7 Å². The van der Waals surface area contributed by atoms with Crippen molar-refractivity contribution in [3.05, 3.63) is 95.1 Å². The molecule has 35 heavy (non-hydrogen) atoms. The molecule has 4 N–H and O–H groups in total. The van der Waals surface area contributed by atoms with Gasteiger partial charge < -0.3 is 25.3 Å². The molecule has 4 rings (SSSR count). The summed E-state index contributed by atoms with van der Waals surface area (Å²) in [7, 11) is 1.54. The van der Waals surface area contributed by atoms with Crippen molar-refractivity contribution in [3.63, 3.8) is 0 Å². The van der Waals surface area contributed by atoms with Gasteiger partial charge in [0.05, 0.1) is 29.1 Å². The van der Waals surface area contributed by atoms with Crippen LogP contribution >= 0.6 is 0 Å². The number of rotatable bonds is 8. The molecular weight excluding hydrogens is 442 g/mol. The molecule has 3 aromatic carbocycles. The number of aromatic hydroxyl groups is 1. The summed E-state index contributed by atoms with van der Waals surface area (Å²) >= 11 is 0. The fourth-order valence-corrected chi connectivity index (χ4v) is 3.81. The third kappa shape index (κ3) is 5.42. The number of aliphatic imine (C=N–C) groups is 1. The molecular formula is C28H29N3O4. The summed E-state index contributed by atoms with van der Waals surface area (Å²) in [6, 6.07) is 22.5. The SMILES string of the molecule is COCCOC(=O)c1ccc2c(C(=Nc3ccc(C(C)(C)N)cc3)c3ccccc3)c(O)[nH]c2c1. The number of H-pyrrole nitrogens is 1. The minimum atomic E-state index is -0.459. The van der Waals surface area contributed by atoms with E-state index >= 15 is 0 Å². The van der Waals surface area contributed by atoms with E-state index in [1.54, 1.807) is 25.3 Å². The highest BCUT2D eigenvalue weighted by molar-refractivity contribution is 6.22. The number of nitrogens with one attached hydrogen (secondary N) is 1. The van der Waals surface area contributed by atoms with Crippen LogP contribution in [-0.4, -0.2) is 42.1 Å². The fourth-order valence-electron chi connectivity index (χ4n) is 3.81. The molecule has 0 saturated heterocycles. The number of benzene rings is 3. The van der Waals surface area contributed by atoms with Gasteiger partial charge in [-0.2, -0.15) is 0 Å². The van der Waals surface area contributed by atoms with Gasteiger partial charge in [0, 0.05) is 29.1 Å². The van der Waals surface area contributed by atoms with Gasteiger partial charge in [-0.15, -0.1) is 0 Å². The first-order valence-corrected chi connectivity index (χ1v) is 11.3. The lowest BCUT2D eigenvalue weighted by Gasteiger charge is -2.19. The molecule has 0 bridgehead atoms. The van der Waals surface area contributed by atoms with Crippen LogP contribution in [0.2, 0.25) is 0 Å². The molecule has 0 aliphatic heterocycles. The van der Waals surface area contributed by atoms with Gasteiger partial charge in [-0.05, 0) is 43.7 Å². The second-order valence-electron chi connectivity index (χ2n) is 8.83. The lowest BCUT2D eigenvalue weighted by atomic mass is 9.95. The number of nitrogens with two attached hydrogens (primary N) is 1. The number of carbonyl (C=O) groups excluding carboxylic acids is 1. The van der Waals surface area contributed by atoms with Crippen LogP contribution in [0.5, 0.6) is 5.88 Å². The number of methoxy groups -OCH3 is 1. The molecule has 0 unspecified atom stereocenters. The van der Waals surface area contributed by atoms with Crippen molar-refractivity contribution in [1.82, 2.24) is 4.98 Å². The molecule has 1 heterocycles. The van der Waals surface area contributed by atoms with E-state index in [1.807, 2.05) is 68.4 Å². The summed E-state index contributed by atoms with van der Waals surface area (Å²) in [5.41, 5.74) is 10.4. The zero-order valence-corrected chi connectivity index (χ0v) is 20.0. The Hall–Kier alpha value is -3.94. The lowest BCUT2D eigenvalue weighted by Crippen LogP contribution is -2.28. The van der Waals surface area contributed by atoms with Gasteiger partial charge in [0.15, 0.2) is 5.88 Å². The van der Waals surface area contributed by atoms with Crippen LogP contribution in [0.15, 0.2) is 77.8 Å². The first kappa shape index (κ1) is 24.2. The van der Waals surface area contributed by atoms with Crippen molar-refractivity contribution in [3.8, 4) is 5.88 Å². The Morgan fingerprint density at radius 1 is 1.00 bits per heavy atom. The molecule has 0 radical (unpaired) electrons. The van der Waals surface area contributed by atoms with Crippen LogP contribution < -0.4 is 5.73 Å². The monoisotopic (exact) mass is 471 g/mol. The number of esters is 1. The number of hydrogen-bond acceptors (Lipinski definition) is 6. The van der Waals surface area contributed by atoms with E-state index < -0.39 is 11.5 Å². The molecule has 7 heteroatoms. The van der Waals surface area contributed by atoms with Gasteiger partial charge in [0.25, 0.3) is 0 Å². The van der Waals surface area contributed by atoms with Gasteiger partial charge in [-0.25, -0.2) is 9.79 Å². The van der Waals surface area contributed by atoms with E-state index in [4.69, 9.17) is 20.2 Å². The minimum Gasteiger partial charge on any atom is -0.494 e. The third-order valence-corrected chi connectivity index (χ3v) is 5.67. The van der Waals surface area contributed by atoms with Crippen molar-refractivity contribution >= 4 is 28.3 Å². The zero-order valence-electron chi connectivity index (χ0n) is 20.0. The maximum absolute atomic E-state index is 12.4. The highest BCUT2D eigenvalue weighted by atomic mass is 16.6. The number of ether oxygens (including phenoxy) is 2. The summed E-state index contributed by atoms with van der Waals surface area (Å²) in [6.45, 7) is 4.39. The number of fused-ring (bicyclic) bond motifs is 1. The second-order valence-corrected chi connectivity index (χ2v) is 8.83. The normalized spacial score (nSPS) is 12.2. The highest BCUT2D eigenvalue weighted by Gasteiger charge is 2.20. The number of aromatic amines is 1. The number of aromatic nitrogens is 1. The number of hydrogen-bond donors (Lipinski definition) is 3. The van der Waals surface area contributed by atoms with Gasteiger partial charge in [-0.3, -0.25) is 0 Å². The Morgan fingerprint density at radius 3 is 2.37 bits per heavy atom. The average Bonchev–Trinajstić information content (AvgIpc) is 3.17. The van der Waals surface area contributed by atoms with Gasteiger partial charge in [0.2, 0.25) is 0 Å². The quantitative estimate of drug-likeness (QED) is 0.189. The van der Waals surface area contributed by atoms with Crippen LogP contribution in [-0.2, 0) is 15.0 Å². The molecule has 0 spiro atoms. The van der Waals surface area contributed by atoms with E-state index in [1.165, 1.54) is 0 Å². The van der Waals surface area contributed by atoms with Crippen LogP contribution in [0.25, 0.3) is 10.9 Å². The summed E-state index contributed by atoms with van der Waals surface area (Å²) in [5, 5.41) is 11.6. The van der Waals surface area contributed by atoms with E-state index in [0.717, 1.165) is 22.2 Å². The summed E-state index contributed by atoms with van der Waals surface area (Å²) < 4.78 is 10.1. The van der Waals surface area contributed by atoms with Gasteiger partial charge >= 0.3 is 5.97 Å². The molecule has 0 aliphatic rings. The van der Waals surface area contributed by atoms with Gasteiger partial charge in [0.1, 0.15) is 6.61 Å². The molecule has 7 nitrogen and oxygen atoms in total. The third-order valence-electron chi connectivity index (χ3n) is 5.67. The molecule has 4 aromatic rings. The van der Waals surface area contributed by atoms with E-state index in [2.05, 4.69) is 4.98 Å². The standard InChI is InChI=1S/C28H29N3O4/c1-28(2,29)20-10-12-21(13-11-20)30-25(18-7-5-4-6-8-18)24-22-14-9-19(17-23(22)31-26(24)32)27(33)35-16-15-34-3/h4-14,17,31-32H,15-16,29H2,1-3H3. The largest absolute Gasteiger partial charge is 0.494 e. The minimum absolute atomic E-state index is 0.0350. The van der Waals surface area contributed by atoms with Gasteiger partial charge in [-0.1, -0.05) is 48.5 Å². The molecule has 0 saturated carbocycles. The summed E-state index contributed by atoms with van der Waals surface area (Å²) in [5.74, 6) is -0.494. The average molecular weight is 472 g/mol. The number of nitrogens with zero attached hydrogens (tertiary/aromatic N) is 1. The molecule has 0 amide bonds. The summed E-state index contributed by atoms with van der Waals surface area (Å²) in [6.07, 6.45) is 0. The van der Waals surface area contributed by atoms with Crippen molar-refractivity contribution in [2.45, 2.75) is 19.4 Å². The molecule has 0 aliphatic carbocycles. The maximum atomic E-state index is 12.4. The molecule has 0 atom stereocenters. The Balaban J connectivity index is 1.78. The van der Waals surface area contributed by atoms with E-state index in [0.29, 0.717) is 29.0 Å². The van der Waals surface area contributed by atoms with Crippen LogP contribution in [0.3, 0.4) is 0 Å². The molecule has 0 fully saturated rings. The predicted molar refractivity (Wildman–Crippen MR) is 138 cm³/mol. The highest BCUT2D eigenvalue weighted by Crippen LogP contribution is 2.32. The Bertz CT molecular complexity index is 1350. The van der Waals surface area contributed by atoms with Crippen molar-refractivity contribution in [2.75, 3.05) is 20.3 Å². The first-order chi connectivity index (χ1) is 16.8. The van der Waals surface area contributed by atoms with E-state index in [-0.39, 0.29) is 12.5 Å². The van der Waals surface area contributed by atoms with Crippen LogP contribution in [0.4, 0.5) is 5.69 Å². The summed E-state index contributed by atoms with van der Waals surface area (Å²) in [4.78, 5) is 20.2. The van der Waals surface area contributed by atoms with Crippen molar-refractivity contribution in [1.29, 1.82) is 0 Å². The Kier molecular flexibility index (Phi) is 7.00. The van der Waals surface area contributed by atoms with Crippen LogP contribution in [0.1, 0.15) is 40.9 Å². The second kappa shape index (κ2) is 10.1. The van der Waals surface area contributed by atoms with E-state index in [9.17, 15) is 9.90 Å². The van der Waals surface area contributed by atoms with Crippen molar-refractivity contribution < 1.29 is 19.4 Å². The predicted octanol–water partition coefficient (Wildman–Crippen LogP) is 5.04. The Labute approximate surface area is 204 Å². The molecule has 1 aromatic heterocycles. The lowest BCUT2D eigenvalue weighted by molar-refractivity contribution is 0.0388. The molecule has 180 valence electrons. The topological polar surface area (TPSA) is 110 Å².